The van der Waals surface area contributed by atoms with E-state index in [4.69, 9.17) is 0 Å². The van der Waals surface area contributed by atoms with Crippen molar-refractivity contribution in [1.29, 1.82) is 0 Å². The highest BCUT2D eigenvalue weighted by Crippen LogP contribution is 2.53. The average Bonchev–Trinajstić information content (AvgIpc) is 2.90. The average molecular weight is 376 g/mol. The van der Waals surface area contributed by atoms with Crippen molar-refractivity contribution in [1.82, 2.24) is 0 Å². The van der Waals surface area contributed by atoms with E-state index in [9.17, 15) is 18.7 Å². The van der Waals surface area contributed by atoms with Crippen LogP contribution in [0.25, 0.3) is 11.1 Å². The molecular formula is C24H18F2O2. The first-order valence-electron chi connectivity index (χ1n) is 9.01. The first-order chi connectivity index (χ1) is 13.4. The highest BCUT2D eigenvalue weighted by atomic mass is 19.1. The minimum atomic E-state index is -1.70. The van der Waals surface area contributed by atoms with Crippen LogP contribution < -0.4 is 0 Å². The Bertz CT molecular complexity index is 1050. The van der Waals surface area contributed by atoms with Crippen molar-refractivity contribution in [2.45, 2.75) is 12.5 Å². The summed E-state index contributed by atoms with van der Waals surface area (Å²) in [5.74, 6) is -2.61. The lowest BCUT2D eigenvalue weighted by atomic mass is 9.78. The molecule has 0 aromatic heterocycles. The highest BCUT2D eigenvalue weighted by Gasteiger charge is 2.52. The van der Waals surface area contributed by atoms with Gasteiger partial charge in [0.1, 0.15) is 17.2 Å². The molecule has 0 spiro atoms. The lowest BCUT2D eigenvalue weighted by Crippen LogP contribution is -2.33. The highest BCUT2D eigenvalue weighted by molar-refractivity contribution is 6.33. The number of rotatable bonds is 3. The van der Waals surface area contributed by atoms with E-state index in [2.05, 4.69) is 0 Å². The van der Waals surface area contributed by atoms with Crippen LogP contribution in [0.1, 0.15) is 23.6 Å². The molecule has 1 aliphatic rings. The van der Waals surface area contributed by atoms with Crippen LogP contribution in [0.4, 0.5) is 8.78 Å². The van der Waals surface area contributed by atoms with E-state index < -0.39 is 23.2 Å². The van der Waals surface area contributed by atoms with Gasteiger partial charge < -0.3 is 5.11 Å². The van der Waals surface area contributed by atoms with Crippen molar-refractivity contribution in [2.75, 3.05) is 0 Å². The van der Waals surface area contributed by atoms with Crippen molar-refractivity contribution in [3.63, 3.8) is 0 Å². The number of hydrogen-bond donors (Lipinski definition) is 1. The normalized spacial score (nSPS) is 22.0. The summed E-state index contributed by atoms with van der Waals surface area (Å²) in [6.07, 6.45) is 0. The van der Waals surface area contributed by atoms with E-state index in [0.717, 1.165) is 18.2 Å². The minimum absolute atomic E-state index is 0.153. The molecule has 3 aromatic rings. The third kappa shape index (κ3) is 2.77. The van der Waals surface area contributed by atoms with Gasteiger partial charge in [-0.25, -0.2) is 8.78 Å². The molecule has 4 heteroatoms. The first kappa shape index (κ1) is 18.3. The summed E-state index contributed by atoms with van der Waals surface area (Å²) >= 11 is 0. The third-order valence-electron chi connectivity index (χ3n) is 5.33. The molecule has 0 aliphatic heterocycles. The predicted octanol–water partition coefficient (Wildman–Crippen LogP) is 4.98. The van der Waals surface area contributed by atoms with Gasteiger partial charge in [0.2, 0.25) is 0 Å². The number of ketones is 1. The number of carbonyl (C=O) groups excluding carboxylic acids is 1. The van der Waals surface area contributed by atoms with Crippen molar-refractivity contribution in [3.05, 3.63) is 107 Å². The first-order valence-corrected chi connectivity index (χ1v) is 9.01. The van der Waals surface area contributed by atoms with Gasteiger partial charge in [0.25, 0.3) is 0 Å². The van der Waals surface area contributed by atoms with Crippen LogP contribution >= 0.6 is 0 Å². The molecule has 28 heavy (non-hydrogen) atoms. The second-order valence-corrected chi connectivity index (χ2v) is 6.99. The Kier molecular flexibility index (Phi) is 4.44. The van der Waals surface area contributed by atoms with Crippen molar-refractivity contribution < 1.29 is 18.7 Å². The summed E-state index contributed by atoms with van der Waals surface area (Å²) in [6, 6.07) is 20.7. The van der Waals surface area contributed by atoms with Gasteiger partial charge in [0.15, 0.2) is 5.78 Å². The summed E-state index contributed by atoms with van der Waals surface area (Å²) in [5, 5.41) is 11.8. The molecule has 2 nitrogen and oxygen atoms in total. The van der Waals surface area contributed by atoms with E-state index >= 15 is 0 Å². The van der Waals surface area contributed by atoms with E-state index in [1.165, 1.54) is 0 Å². The van der Waals surface area contributed by atoms with Gasteiger partial charge in [-0.3, -0.25) is 4.79 Å². The summed E-state index contributed by atoms with van der Waals surface area (Å²) in [7, 11) is 0. The van der Waals surface area contributed by atoms with Gasteiger partial charge in [-0.05, 0) is 28.8 Å². The summed E-state index contributed by atoms with van der Waals surface area (Å²) < 4.78 is 28.1. The fourth-order valence-electron chi connectivity index (χ4n) is 3.98. The van der Waals surface area contributed by atoms with Crippen LogP contribution in [0, 0.1) is 17.6 Å². The maximum Gasteiger partial charge on any atom is 0.170 e. The molecule has 1 N–H and O–H groups in total. The van der Waals surface area contributed by atoms with Gasteiger partial charge in [0, 0.05) is 17.2 Å². The molecule has 1 aliphatic carbocycles. The summed E-state index contributed by atoms with van der Waals surface area (Å²) in [4.78, 5) is 13.2. The SMILES string of the molecule is CC1C(=O)C(c2ccccc2)=C(c2cc(F)cc(F)c2)C1(O)c1ccccc1. The molecule has 2 unspecified atom stereocenters. The number of hydrogen-bond acceptors (Lipinski definition) is 2. The maximum absolute atomic E-state index is 14.0. The number of allylic oxidation sites excluding steroid dienone is 1. The largest absolute Gasteiger partial charge is 0.380 e. The molecule has 0 amide bonds. The van der Waals surface area contributed by atoms with Gasteiger partial charge in [-0.15, -0.1) is 0 Å². The Labute approximate surface area is 161 Å². The third-order valence-corrected chi connectivity index (χ3v) is 5.33. The second-order valence-electron chi connectivity index (χ2n) is 6.99. The predicted molar refractivity (Wildman–Crippen MR) is 104 cm³/mol. The lowest BCUT2D eigenvalue weighted by molar-refractivity contribution is -0.121. The van der Waals surface area contributed by atoms with Gasteiger partial charge in [-0.2, -0.15) is 0 Å². The zero-order valence-electron chi connectivity index (χ0n) is 15.2. The Balaban J connectivity index is 2.09. The molecule has 3 aromatic carbocycles. The number of aliphatic hydroxyl groups is 1. The Hall–Kier alpha value is -3.11. The smallest absolute Gasteiger partial charge is 0.170 e. The quantitative estimate of drug-likeness (QED) is 0.700. The molecule has 4 rings (SSSR count). The molecule has 0 radical (unpaired) electrons. The minimum Gasteiger partial charge on any atom is -0.380 e. The molecule has 140 valence electrons. The Morgan fingerprint density at radius 1 is 0.821 bits per heavy atom. The summed E-state index contributed by atoms with van der Waals surface area (Å²) in [5.41, 5.74) is 0.0574. The van der Waals surface area contributed by atoms with Crippen LogP contribution in [-0.4, -0.2) is 10.9 Å². The number of Topliss-reactive ketones (excluding diaryl/α,β-unsaturated/α-hetero) is 1. The molecular weight excluding hydrogens is 358 g/mol. The van der Waals surface area contributed by atoms with Crippen LogP contribution in [0.3, 0.4) is 0 Å². The fourth-order valence-corrected chi connectivity index (χ4v) is 3.98. The summed E-state index contributed by atoms with van der Waals surface area (Å²) in [6.45, 7) is 1.64. The number of carbonyl (C=O) groups is 1. The van der Waals surface area contributed by atoms with Crippen LogP contribution in [0.2, 0.25) is 0 Å². The van der Waals surface area contributed by atoms with Crippen LogP contribution in [-0.2, 0) is 10.4 Å². The second kappa shape index (κ2) is 6.80. The van der Waals surface area contributed by atoms with Crippen LogP contribution in [0.15, 0.2) is 78.9 Å². The zero-order valence-corrected chi connectivity index (χ0v) is 15.2. The molecule has 0 heterocycles. The van der Waals surface area contributed by atoms with Crippen molar-refractivity contribution in [3.8, 4) is 0 Å². The fraction of sp³-hybridized carbons (Fsp3) is 0.125. The number of benzene rings is 3. The van der Waals surface area contributed by atoms with Gasteiger partial charge >= 0.3 is 0 Å². The maximum atomic E-state index is 14.0. The van der Waals surface area contributed by atoms with Gasteiger partial charge in [0.05, 0.1) is 5.92 Å². The monoisotopic (exact) mass is 376 g/mol. The zero-order chi connectivity index (χ0) is 19.9. The molecule has 2 atom stereocenters. The Morgan fingerprint density at radius 3 is 1.93 bits per heavy atom. The van der Waals surface area contributed by atoms with E-state index in [-0.39, 0.29) is 22.5 Å². The molecule has 0 saturated carbocycles. The Morgan fingerprint density at radius 2 is 1.36 bits per heavy atom. The van der Waals surface area contributed by atoms with Crippen molar-refractivity contribution in [2.24, 2.45) is 5.92 Å². The van der Waals surface area contributed by atoms with E-state index in [0.29, 0.717) is 11.1 Å². The molecule has 0 saturated heterocycles. The standard InChI is InChI=1S/C24H18F2O2/c1-15-23(27)21(16-8-4-2-5-9-16)22(17-12-19(25)14-20(26)13-17)24(15,28)18-10-6-3-7-11-18/h2-15,28H,1H3. The topological polar surface area (TPSA) is 37.3 Å². The van der Waals surface area contributed by atoms with Crippen molar-refractivity contribution >= 4 is 16.9 Å². The van der Waals surface area contributed by atoms with E-state index in [1.807, 2.05) is 6.07 Å². The molecule has 0 bridgehead atoms. The number of halogens is 2. The van der Waals surface area contributed by atoms with Gasteiger partial charge in [-0.1, -0.05) is 67.6 Å². The molecule has 0 fully saturated rings. The van der Waals surface area contributed by atoms with Crippen LogP contribution in [0.5, 0.6) is 0 Å². The van der Waals surface area contributed by atoms with E-state index in [1.54, 1.807) is 61.5 Å². The lowest BCUT2D eigenvalue weighted by Gasteiger charge is -2.31.